The number of hydrogen-bond acceptors (Lipinski definition) is 4. The zero-order valence-electron chi connectivity index (χ0n) is 12.0. The van der Waals surface area contributed by atoms with E-state index in [2.05, 4.69) is 5.32 Å². The molecule has 1 spiro atoms. The normalized spacial score (nSPS) is 47.7. The number of rotatable bonds is 2. The first kappa shape index (κ1) is 14.2. The molecule has 0 aromatic carbocycles. The Labute approximate surface area is 120 Å². The maximum Gasteiger partial charge on any atom is 0.0784 e. The highest BCUT2D eigenvalue weighted by molar-refractivity contribution is 7.99. The van der Waals surface area contributed by atoms with Gasteiger partial charge in [0.25, 0.3) is 0 Å². The molecule has 1 saturated carbocycles. The van der Waals surface area contributed by atoms with Crippen molar-refractivity contribution in [3.63, 3.8) is 0 Å². The molecule has 3 rings (SSSR count). The molecule has 3 aliphatic rings. The van der Waals surface area contributed by atoms with Crippen LogP contribution in [0.2, 0.25) is 0 Å². The smallest absolute Gasteiger partial charge is 0.0784 e. The van der Waals surface area contributed by atoms with Crippen LogP contribution < -0.4 is 5.32 Å². The van der Waals surface area contributed by atoms with Gasteiger partial charge in [0.2, 0.25) is 0 Å². The first-order valence-electron chi connectivity index (χ1n) is 7.77. The van der Waals surface area contributed by atoms with Crippen molar-refractivity contribution in [1.82, 2.24) is 5.32 Å². The fourth-order valence-corrected chi connectivity index (χ4v) is 5.54. The first-order chi connectivity index (χ1) is 9.16. The summed E-state index contributed by atoms with van der Waals surface area (Å²) in [6.07, 6.45) is 7.48. The van der Waals surface area contributed by atoms with Gasteiger partial charge in [0.15, 0.2) is 0 Å². The van der Waals surface area contributed by atoms with Crippen molar-refractivity contribution in [2.75, 3.05) is 25.2 Å². The van der Waals surface area contributed by atoms with Crippen molar-refractivity contribution in [3.05, 3.63) is 0 Å². The quantitative estimate of drug-likeness (QED) is 0.816. The maximum absolute atomic E-state index is 11.1. The molecule has 2 heterocycles. The Bertz CT molecular complexity index is 309. The van der Waals surface area contributed by atoms with E-state index in [1.54, 1.807) is 0 Å². The third-order valence-electron chi connectivity index (χ3n) is 5.58. The summed E-state index contributed by atoms with van der Waals surface area (Å²) in [6.45, 7) is 0.850. The van der Waals surface area contributed by atoms with Crippen LogP contribution in [0.5, 0.6) is 0 Å². The van der Waals surface area contributed by atoms with Crippen LogP contribution in [0.25, 0.3) is 0 Å². The van der Waals surface area contributed by atoms with Gasteiger partial charge in [-0.2, -0.15) is 11.8 Å². The molecule has 2 aliphatic heterocycles. The number of thioether (sulfide) groups is 1. The first-order valence-corrected chi connectivity index (χ1v) is 8.93. The Morgan fingerprint density at radius 2 is 2.00 bits per heavy atom. The zero-order valence-corrected chi connectivity index (χ0v) is 12.8. The molecule has 2 saturated heterocycles. The van der Waals surface area contributed by atoms with Gasteiger partial charge in [-0.1, -0.05) is 0 Å². The van der Waals surface area contributed by atoms with E-state index in [9.17, 15) is 5.11 Å². The van der Waals surface area contributed by atoms with Gasteiger partial charge in [0.1, 0.15) is 0 Å². The highest BCUT2D eigenvalue weighted by Gasteiger charge is 2.48. The van der Waals surface area contributed by atoms with E-state index in [1.165, 1.54) is 12.2 Å². The summed E-state index contributed by atoms with van der Waals surface area (Å²) in [5.41, 5.74) is -0.319. The molecule has 0 amide bonds. The van der Waals surface area contributed by atoms with Crippen molar-refractivity contribution in [2.24, 2.45) is 5.92 Å². The molecule has 0 aromatic heterocycles. The Balaban J connectivity index is 1.64. The Morgan fingerprint density at radius 3 is 2.63 bits per heavy atom. The summed E-state index contributed by atoms with van der Waals surface area (Å²) in [4.78, 5) is 0. The average molecular weight is 285 g/mol. The monoisotopic (exact) mass is 285 g/mol. The lowest BCUT2D eigenvalue weighted by atomic mass is 9.68. The summed E-state index contributed by atoms with van der Waals surface area (Å²) in [7, 11) is 2.04. The molecule has 19 heavy (non-hydrogen) atoms. The van der Waals surface area contributed by atoms with E-state index < -0.39 is 5.60 Å². The fourth-order valence-electron chi connectivity index (χ4n) is 4.16. The number of hydrogen-bond donors (Lipinski definition) is 2. The summed E-state index contributed by atoms with van der Waals surface area (Å²) in [5.74, 6) is 2.82. The predicted octanol–water partition coefficient (Wildman–Crippen LogP) is 2.18. The van der Waals surface area contributed by atoms with Crippen LogP contribution in [0.4, 0.5) is 0 Å². The number of nitrogens with one attached hydrogen (secondary N) is 1. The van der Waals surface area contributed by atoms with Crippen LogP contribution in [-0.4, -0.2) is 47.5 Å². The summed E-state index contributed by atoms with van der Waals surface area (Å²) in [6, 6.07) is 0.608. The molecule has 0 bridgehead atoms. The van der Waals surface area contributed by atoms with Gasteiger partial charge in [-0.25, -0.2) is 0 Å². The molecule has 4 heteroatoms. The fraction of sp³-hybridized carbons (Fsp3) is 1.00. The van der Waals surface area contributed by atoms with E-state index in [-0.39, 0.29) is 5.60 Å². The maximum atomic E-state index is 11.1. The van der Waals surface area contributed by atoms with E-state index in [0.717, 1.165) is 50.9 Å². The van der Waals surface area contributed by atoms with Crippen molar-refractivity contribution in [3.8, 4) is 0 Å². The molecule has 110 valence electrons. The Hall–Kier alpha value is 0.230. The van der Waals surface area contributed by atoms with Gasteiger partial charge >= 0.3 is 0 Å². The molecule has 3 fully saturated rings. The van der Waals surface area contributed by atoms with Gasteiger partial charge in [-0.3, -0.25) is 0 Å². The predicted molar refractivity (Wildman–Crippen MR) is 79.6 cm³/mol. The van der Waals surface area contributed by atoms with Crippen molar-refractivity contribution in [1.29, 1.82) is 0 Å². The van der Waals surface area contributed by atoms with Crippen molar-refractivity contribution in [2.45, 2.75) is 62.2 Å². The topological polar surface area (TPSA) is 41.5 Å². The van der Waals surface area contributed by atoms with Gasteiger partial charge in [-0.05, 0) is 63.7 Å². The van der Waals surface area contributed by atoms with Crippen LogP contribution in [0.3, 0.4) is 0 Å². The summed E-state index contributed by atoms with van der Waals surface area (Å²) in [5, 5.41) is 14.4. The second-order valence-corrected chi connectivity index (χ2v) is 7.80. The summed E-state index contributed by atoms with van der Waals surface area (Å²) >= 11 is 2.01. The van der Waals surface area contributed by atoms with Crippen molar-refractivity contribution >= 4 is 11.8 Å². The second kappa shape index (κ2) is 5.55. The Morgan fingerprint density at radius 1 is 1.21 bits per heavy atom. The third-order valence-corrected chi connectivity index (χ3v) is 6.80. The van der Waals surface area contributed by atoms with E-state index in [4.69, 9.17) is 4.74 Å². The standard InChI is InChI=1S/C15H27NO2S/c1-16-13-2-5-15(17,6-3-13)12-4-8-18-14(10-12)7-9-19-11-14/h12-13,16-17H,2-11H2,1H3. The van der Waals surface area contributed by atoms with Gasteiger partial charge in [-0.15, -0.1) is 0 Å². The molecule has 0 aromatic rings. The minimum absolute atomic E-state index is 0.100. The highest BCUT2D eigenvalue weighted by atomic mass is 32.2. The lowest BCUT2D eigenvalue weighted by Gasteiger charge is -2.47. The molecule has 1 aliphatic carbocycles. The van der Waals surface area contributed by atoms with Crippen LogP contribution in [0, 0.1) is 5.92 Å². The lowest BCUT2D eigenvalue weighted by molar-refractivity contribution is -0.143. The molecular weight excluding hydrogens is 258 g/mol. The van der Waals surface area contributed by atoms with Gasteiger partial charge in [0.05, 0.1) is 11.2 Å². The van der Waals surface area contributed by atoms with Gasteiger partial charge < -0.3 is 15.2 Å². The third kappa shape index (κ3) is 2.82. The highest BCUT2D eigenvalue weighted by Crippen LogP contribution is 2.47. The number of aliphatic hydroxyl groups is 1. The molecular formula is C15H27NO2S. The van der Waals surface area contributed by atoms with Gasteiger partial charge in [0, 0.05) is 18.4 Å². The minimum atomic E-state index is -0.419. The molecule has 0 radical (unpaired) electrons. The van der Waals surface area contributed by atoms with Crippen LogP contribution in [-0.2, 0) is 4.74 Å². The van der Waals surface area contributed by atoms with E-state index >= 15 is 0 Å². The Kier molecular flexibility index (Phi) is 4.14. The minimum Gasteiger partial charge on any atom is -0.390 e. The number of ether oxygens (including phenoxy) is 1. The van der Waals surface area contributed by atoms with Crippen molar-refractivity contribution < 1.29 is 9.84 Å². The molecule has 2 atom stereocenters. The summed E-state index contributed by atoms with van der Waals surface area (Å²) < 4.78 is 6.09. The average Bonchev–Trinajstić information content (AvgIpc) is 2.88. The molecule has 2 N–H and O–H groups in total. The van der Waals surface area contributed by atoms with Crippen LogP contribution in [0.15, 0.2) is 0 Å². The van der Waals surface area contributed by atoms with Crippen LogP contribution >= 0.6 is 11.8 Å². The SMILES string of the molecule is CNC1CCC(O)(C2CCOC3(CCSC3)C2)CC1. The molecule has 3 nitrogen and oxygen atoms in total. The zero-order chi connectivity index (χ0) is 13.3. The molecule has 2 unspecified atom stereocenters. The largest absolute Gasteiger partial charge is 0.390 e. The van der Waals surface area contributed by atoms with Crippen LogP contribution in [0.1, 0.15) is 44.9 Å². The lowest BCUT2D eigenvalue weighted by Crippen LogP contribution is -2.51. The van der Waals surface area contributed by atoms with E-state index in [0.29, 0.717) is 12.0 Å². The van der Waals surface area contributed by atoms with E-state index in [1.807, 2.05) is 18.8 Å². The second-order valence-electron chi connectivity index (χ2n) is 6.69.